The van der Waals surface area contributed by atoms with Crippen molar-refractivity contribution in [3.8, 4) is 0 Å². The Kier molecular flexibility index (Phi) is 2.93. The summed E-state index contributed by atoms with van der Waals surface area (Å²) in [5.41, 5.74) is 3.06. The van der Waals surface area contributed by atoms with Crippen LogP contribution in [0.2, 0.25) is 0 Å². The van der Waals surface area contributed by atoms with E-state index in [4.69, 9.17) is 0 Å². The van der Waals surface area contributed by atoms with Crippen molar-refractivity contribution in [3.63, 3.8) is 0 Å². The van der Waals surface area contributed by atoms with Crippen molar-refractivity contribution in [1.82, 2.24) is 15.0 Å². The maximum Gasteiger partial charge on any atom is 0.142 e. The van der Waals surface area contributed by atoms with E-state index in [2.05, 4.69) is 45.4 Å². The molecule has 0 saturated carbocycles. The molecule has 0 unspecified atom stereocenters. The number of hydrogen-bond donors (Lipinski definition) is 1. The molecule has 0 aliphatic carbocycles. The van der Waals surface area contributed by atoms with Crippen LogP contribution in [-0.4, -0.2) is 15.0 Å². The largest absolute Gasteiger partial charge is 0.324 e. The molecule has 0 bridgehead atoms. The lowest BCUT2D eigenvalue weighted by molar-refractivity contribution is 1.21. The van der Waals surface area contributed by atoms with Crippen LogP contribution in [0.4, 0.5) is 11.6 Å². The summed E-state index contributed by atoms with van der Waals surface area (Å²) in [5.74, 6) is 1.55. The Morgan fingerprint density at radius 3 is 2.73 bits per heavy atom. The highest BCUT2D eigenvalue weighted by Crippen LogP contribution is 2.24. The van der Waals surface area contributed by atoms with Gasteiger partial charge in [0.05, 0.1) is 11.0 Å². The van der Waals surface area contributed by atoms with Gasteiger partial charge >= 0.3 is 0 Å². The molecule has 4 rings (SSSR count). The van der Waals surface area contributed by atoms with Crippen molar-refractivity contribution in [2.45, 2.75) is 6.92 Å². The van der Waals surface area contributed by atoms with Gasteiger partial charge in [-0.3, -0.25) is 0 Å². The molecule has 0 aliphatic rings. The predicted octanol–water partition coefficient (Wildman–Crippen LogP) is 4.23. The number of benzene rings is 2. The summed E-state index contributed by atoms with van der Waals surface area (Å²) < 4.78 is 0. The van der Waals surface area contributed by atoms with E-state index in [0.29, 0.717) is 0 Å². The lowest BCUT2D eigenvalue weighted by Crippen LogP contribution is -1.98. The van der Waals surface area contributed by atoms with Gasteiger partial charge in [-0.25, -0.2) is 15.0 Å². The Bertz CT molecular complexity index is 979. The summed E-state index contributed by atoms with van der Waals surface area (Å²) in [4.78, 5) is 13.3. The maximum atomic E-state index is 4.63. The summed E-state index contributed by atoms with van der Waals surface area (Å²) in [6.07, 6.45) is 1.57. The average molecular weight is 286 g/mol. The van der Waals surface area contributed by atoms with Crippen LogP contribution in [0.15, 0.2) is 60.9 Å². The Morgan fingerprint density at radius 2 is 1.77 bits per heavy atom. The number of fused-ring (bicyclic) bond motifs is 2. The molecular formula is C18H14N4. The lowest BCUT2D eigenvalue weighted by Gasteiger charge is -2.09. The normalized spacial score (nSPS) is 11.0. The summed E-state index contributed by atoms with van der Waals surface area (Å²) in [6.45, 7) is 2.06. The number of anilines is 2. The first-order chi connectivity index (χ1) is 10.8. The molecule has 4 heteroatoms. The minimum atomic E-state index is 0.775. The summed E-state index contributed by atoms with van der Waals surface area (Å²) in [7, 11) is 0. The molecule has 0 saturated heterocycles. The highest BCUT2D eigenvalue weighted by Gasteiger charge is 2.05. The van der Waals surface area contributed by atoms with E-state index in [1.165, 1.54) is 5.56 Å². The zero-order valence-corrected chi connectivity index (χ0v) is 12.1. The fraction of sp³-hybridized carbons (Fsp3) is 0.0556. The number of nitrogens with one attached hydrogen (secondary N) is 1. The van der Waals surface area contributed by atoms with Gasteiger partial charge in [-0.2, -0.15) is 0 Å². The first-order valence-electron chi connectivity index (χ1n) is 7.14. The molecule has 0 amide bonds. The third-order valence-corrected chi connectivity index (χ3v) is 3.64. The number of nitrogens with zero attached hydrogens (tertiary/aromatic N) is 3. The van der Waals surface area contributed by atoms with Crippen LogP contribution in [-0.2, 0) is 0 Å². The first kappa shape index (κ1) is 12.7. The second-order valence-electron chi connectivity index (χ2n) is 5.26. The molecule has 0 radical (unpaired) electrons. The highest BCUT2D eigenvalue weighted by molar-refractivity contribution is 5.91. The summed E-state index contributed by atoms with van der Waals surface area (Å²) >= 11 is 0. The number of aromatic nitrogens is 3. The van der Waals surface area contributed by atoms with E-state index in [9.17, 15) is 0 Å². The minimum absolute atomic E-state index is 0.775. The Labute approximate surface area is 127 Å². The van der Waals surface area contributed by atoms with Crippen molar-refractivity contribution in [2.75, 3.05) is 5.32 Å². The number of hydrogen-bond acceptors (Lipinski definition) is 4. The van der Waals surface area contributed by atoms with Gasteiger partial charge in [0.15, 0.2) is 0 Å². The van der Waals surface area contributed by atoms with Gasteiger partial charge in [0.25, 0.3) is 0 Å². The second kappa shape index (κ2) is 5.07. The zero-order valence-electron chi connectivity index (χ0n) is 12.1. The van der Waals surface area contributed by atoms with Gasteiger partial charge in [0.1, 0.15) is 18.0 Å². The molecule has 106 valence electrons. The van der Waals surface area contributed by atoms with Crippen molar-refractivity contribution in [2.24, 2.45) is 0 Å². The third kappa shape index (κ3) is 2.24. The van der Waals surface area contributed by atoms with Gasteiger partial charge in [0, 0.05) is 10.8 Å². The van der Waals surface area contributed by atoms with Crippen LogP contribution in [0.1, 0.15) is 5.56 Å². The van der Waals surface area contributed by atoms with Crippen LogP contribution >= 0.6 is 0 Å². The molecule has 4 aromatic rings. The molecule has 0 atom stereocenters. The van der Waals surface area contributed by atoms with E-state index < -0.39 is 0 Å². The van der Waals surface area contributed by atoms with Gasteiger partial charge in [-0.1, -0.05) is 29.8 Å². The molecule has 22 heavy (non-hydrogen) atoms. The molecule has 0 fully saturated rings. The molecule has 2 heterocycles. The van der Waals surface area contributed by atoms with Crippen LogP contribution in [0.5, 0.6) is 0 Å². The van der Waals surface area contributed by atoms with Gasteiger partial charge in [0.2, 0.25) is 0 Å². The first-order valence-corrected chi connectivity index (χ1v) is 7.14. The quantitative estimate of drug-likeness (QED) is 0.599. The number of rotatable bonds is 2. The summed E-state index contributed by atoms with van der Waals surface area (Å²) in [5, 5.41) is 5.42. The monoisotopic (exact) mass is 286 g/mol. The molecule has 2 aromatic heterocycles. The summed E-state index contributed by atoms with van der Waals surface area (Å²) in [6, 6.07) is 18.2. The van der Waals surface area contributed by atoms with E-state index in [1.54, 1.807) is 6.33 Å². The Balaban J connectivity index is 1.80. The Hall–Kier alpha value is -3.01. The van der Waals surface area contributed by atoms with Crippen LogP contribution < -0.4 is 5.32 Å². The van der Waals surface area contributed by atoms with Crippen molar-refractivity contribution in [1.29, 1.82) is 0 Å². The van der Waals surface area contributed by atoms with Crippen LogP contribution in [0.3, 0.4) is 0 Å². The second-order valence-corrected chi connectivity index (χ2v) is 5.26. The number of pyridine rings is 1. The minimum Gasteiger partial charge on any atom is -0.324 e. The maximum absolute atomic E-state index is 4.63. The highest BCUT2D eigenvalue weighted by atomic mass is 15.1. The molecule has 4 nitrogen and oxygen atoms in total. The number of para-hydroxylation sites is 1. The fourth-order valence-electron chi connectivity index (χ4n) is 2.53. The van der Waals surface area contributed by atoms with Crippen molar-refractivity contribution >= 4 is 33.4 Å². The number of aryl methyl sites for hydroxylation is 1. The van der Waals surface area contributed by atoms with E-state index in [0.717, 1.165) is 33.4 Å². The van der Waals surface area contributed by atoms with E-state index in [-0.39, 0.29) is 0 Å². The fourth-order valence-corrected chi connectivity index (χ4v) is 2.53. The van der Waals surface area contributed by atoms with Crippen molar-refractivity contribution in [3.05, 3.63) is 66.5 Å². The van der Waals surface area contributed by atoms with Gasteiger partial charge in [-0.05, 0) is 37.3 Å². The standard InChI is InChI=1S/C18H14N4/c1-12-6-8-16-14(10-12)18(20-11-19-16)22-17-9-7-13-4-2-3-5-15(13)21-17/h2-11H,1H3,(H,19,20,21,22). The Morgan fingerprint density at radius 1 is 0.864 bits per heavy atom. The molecule has 1 N–H and O–H groups in total. The van der Waals surface area contributed by atoms with Crippen LogP contribution in [0, 0.1) is 6.92 Å². The van der Waals surface area contributed by atoms with Crippen molar-refractivity contribution < 1.29 is 0 Å². The molecule has 0 spiro atoms. The molecule has 0 aliphatic heterocycles. The smallest absolute Gasteiger partial charge is 0.142 e. The third-order valence-electron chi connectivity index (χ3n) is 3.64. The van der Waals surface area contributed by atoms with E-state index >= 15 is 0 Å². The topological polar surface area (TPSA) is 50.7 Å². The average Bonchev–Trinajstić information content (AvgIpc) is 2.55. The zero-order chi connectivity index (χ0) is 14.9. The lowest BCUT2D eigenvalue weighted by atomic mass is 10.1. The SMILES string of the molecule is Cc1ccc2ncnc(Nc3ccc4ccccc4n3)c2c1. The molecule has 2 aromatic carbocycles. The van der Waals surface area contributed by atoms with Gasteiger partial charge in [-0.15, -0.1) is 0 Å². The van der Waals surface area contributed by atoms with Gasteiger partial charge < -0.3 is 5.32 Å². The van der Waals surface area contributed by atoms with Crippen LogP contribution in [0.25, 0.3) is 21.8 Å². The van der Waals surface area contributed by atoms with E-state index in [1.807, 2.05) is 36.4 Å². The predicted molar refractivity (Wildman–Crippen MR) is 89.3 cm³/mol. The molecular weight excluding hydrogens is 272 g/mol.